The molecule has 20 heavy (non-hydrogen) atoms. The number of rotatable bonds is 5. The zero-order chi connectivity index (χ0) is 14.7. The van der Waals surface area contributed by atoms with Crippen molar-refractivity contribution in [2.24, 2.45) is 11.7 Å². The van der Waals surface area contributed by atoms with E-state index in [0.29, 0.717) is 17.2 Å². The number of benzene rings is 1. The fourth-order valence-electron chi connectivity index (χ4n) is 2.11. The van der Waals surface area contributed by atoms with Crippen molar-refractivity contribution >= 4 is 28.6 Å². The van der Waals surface area contributed by atoms with Gasteiger partial charge in [-0.2, -0.15) is 0 Å². The van der Waals surface area contributed by atoms with Crippen LogP contribution in [-0.4, -0.2) is 5.91 Å². The quantitative estimate of drug-likeness (QED) is 0.739. The Kier molecular flexibility index (Phi) is 4.29. The second kappa shape index (κ2) is 5.96. The molecule has 0 aliphatic heterocycles. The zero-order valence-corrected chi connectivity index (χ0v) is 12.4. The van der Waals surface area contributed by atoms with Crippen molar-refractivity contribution in [1.29, 1.82) is 0 Å². The number of carbonyl (C=O) groups is 1. The van der Waals surface area contributed by atoms with Crippen LogP contribution in [0.2, 0.25) is 0 Å². The van der Waals surface area contributed by atoms with Gasteiger partial charge in [0.15, 0.2) is 0 Å². The molecule has 1 aromatic carbocycles. The predicted octanol–water partition coefficient (Wildman–Crippen LogP) is 3.24. The van der Waals surface area contributed by atoms with Crippen molar-refractivity contribution < 1.29 is 4.79 Å². The molecular weight excluding hydrogens is 270 g/mol. The molecule has 1 atom stereocenters. The highest BCUT2D eigenvalue weighted by molar-refractivity contribution is 7.10. The molecule has 0 fully saturated rings. The first-order chi connectivity index (χ1) is 9.50. The van der Waals surface area contributed by atoms with Crippen LogP contribution in [0.5, 0.6) is 0 Å². The second-order valence-corrected chi connectivity index (χ2v) is 5.99. The average Bonchev–Trinajstić information content (AvgIpc) is 2.90. The summed E-state index contributed by atoms with van der Waals surface area (Å²) < 4.78 is 0. The molecule has 1 unspecified atom stereocenters. The van der Waals surface area contributed by atoms with E-state index in [2.05, 4.69) is 30.6 Å². The van der Waals surface area contributed by atoms with E-state index in [9.17, 15) is 4.79 Å². The molecule has 0 radical (unpaired) electrons. The van der Waals surface area contributed by atoms with Crippen LogP contribution < -0.4 is 16.8 Å². The normalized spacial score (nSPS) is 12.3. The molecule has 5 N–H and O–H groups in total. The summed E-state index contributed by atoms with van der Waals surface area (Å²) in [5, 5.41) is 5.47. The maximum atomic E-state index is 11.3. The molecule has 1 heterocycles. The Morgan fingerprint density at radius 2 is 2.00 bits per heavy atom. The number of nitrogens with one attached hydrogen (secondary N) is 1. The summed E-state index contributed by atoms with van der Waals surface area (Å²) in [7, 11) is 0. The summed E-state index contributed by atoms with van der Waals surface area (Å²) >= 11 is 1.70. The number of hydrogen-bond acceptors (Lipinski definition) is 4. The lowest BCUT2D eigenvalue weighted by molar-refractivity contribution is 0.100. The van der Waals surface area contributed by atoms with Gasteiger partial charge in [-0.05, 0) is 29.5 Å². The monoisotopic (exact) mass is 289 g/mol. The number of hydrogen-bond donors (Lipinski definition) is 3. The Hall–Kier alpha value is -2.01. The minimum atomic E-state index is -0.511. The van der Waals surface area contributed by atoms with E-state index in [-0.39, 0.29) is 6.04 Å². The van der Waals surface area contributed by atoms with Gasteiger partial charge < -0.3 is 16.8 Å². The van der Waals surface area contributed by atoms with Crippen LogP contribution in [0.25, 0.3) is 0 Å². The molecule has 0 aliphatic rings. The highest BCUT2D eigenvalue weighted by Gasteiger charge is 2.19. The number of carbonyl (C=O) groups excluding carboxylic acids is 1. The van der Waals surface area contributed by atoms with E-state index in [0.717, 1.165) is 5.69 Å². The lowest BCUT2D eigenvalue weighted by atomic mass is 10.0. The van der Waals surface area contributed by atoms with Crippen LogP contribution in [0.15, 0.2) is 35.7 Å². The standard InChI is InChI=1S/C15H19N3OS/c1-9(2)14(12-7-4-8-20-12)18-11-6-3-5-10(13(11)16)15(17)19/h3-9,14,18H,16H2,1-2H3,(H2,17,19). The molecular formula is C15H19N3OS. The molecule has 106 valence electrons. The molecule has 4 nitrogen and oxygen atoms in total. The van der Waals surface area contributed by atoms with Gasteiger partial charge >= 0.3 is 0 Å². The molecule has 0 spiro atoms. The van der Waals surface area contributed by atoms with Gasteiger partial charge in [0.25, 0.3) is 5.91 Å². The maximum Gasteiger partial charge on any atom is 0.250 e. The van der Waals surface area contributed by atoms with E-state index in [1.807, 2.05) is 12.1 Å². The Balaban J connectivity index is 2.32. The van der Waals surface area contributed by atoms with Gasteiger partial charge in [-0.25, -0.2) is 0 Å². The van der Waals surface area contributed by atoms with Crippen LogP contribution in [0.3, 0.4) is 0 Å². The van der Waals surface area contributed by atoms with Crippen LogP contribution in [0, 0.1) is 5.92 Å². The molecule has 2 rings (SSSR count). The highest BCUT2D eigenvalue weighted by Crippen LogP contribution is 2.32. The van der Waals surface area contributed by atoms with Crippen LogP contribution in [0.4, 0.5) is 11.4 Å². The summed E-state index contributed by atoms with van der Waals surface area (Å²) in [6.45, 7) is 4.29. The molecule has 0 bridgehead atoms. The van der Waals surface area contributed by atoms with Gasteiger partial charge in [-0.1, -0.05) is 26.0 Å². The Morgan fingerprint density at radius 1 is 1.25 bits per heavy atom. The number of anilines is 2. The van der Waals surface area contributed by atoms with Crippen LogP contribution in [0.1, 0.15) is 35.1 Å². The van der Waals surface area contributed by atoms with Crippen molar-refractivity contribution in [3.8, 4) is 0 Å². The van der Waals surface area contributed by atoms with E-state index in [4.69, 9.17) is 11.5 Å². The lowest BCUT2D eigenvalue weighted by Gasteiger charge is -2.24. The van der Waals surface area contributed by atoms with E-state index in [1.165, 1.54) is 4.88 Å². The Morgan fingerprint density at radius 3 is 2.55 bits per heavy atom. The minimum Gasteiger partial charge on any atom is -0.396 e. The lowest BCUT2D eigenvalue weighted by Crippen LogP contribution is -2.19. The third-order valence-electron chi connectivity index (χ3n) is 3.20. The molecule has 0 saturated carbocycles. The first-order valence-electron chi connectivity index (χ1n) is 6.49. The number of nitrogens with two attached hydrogens (primary N) is 2. The topological polar surface area (TPSA) is 81.1 Å². The van der Waals surface area contributed by atoms with Crippen molar-refractivity contribution in [2.45, 2.75) is 19.9 Å². The predicted molar refractivity (Wildman–Crippen MR) is 84.9 cm³/mol. The summed E-state index contributed by atoms with van der Waals surface area (Å²) in [4.78, 5) is 12.6. The molecule has 0 saturated heterocycles. The number of primary amides is 1. The molecule has 5 heteroatoms. The van der Waals surface area contributed by atoms with Gasteiger partial charge in [-0.3, -0.25) is 4.79 Å². The average molecular weight is 289 g/mol. The number of nitrogen functional groups attached to an aromatic ring is 1. The molecule has 1 aromatic heterocycles. The number of thiophene rings is 1. The maximum absolute atomic E-state index is 11.3. The highest BCUT2D eigenvalue weighted by atomic mass is 32.1. The molecule has 1 amide bonds. The summed E-state index contributed by atoms with van der Waals surface area (Å²) in [6, 6.07) is 9.56. The van der Waals surface area contributed by atoms with Crippen molar-refractivity contribution in [1.82, 2.24) is 0 Å². The fourth-order valence-corrected chi connectivity index (χ4v) is 3.06. The van der Waals surface area contributed by atoms with Crippen LogP contribution >= 0.6 is 11.3 Å². The summed E-state index contributed by atoms with van der Waals surface area (Å²) in [5.41, 5.74) is 12.8. The first kappa shape index (κ1) is 14.4. The molecule has 0 aliphatic carbocycles. The Bertz CT molecular complexity index is 593. The summed E-state index contributed by atoms with van der Waals surface area (Å²) in [5.74, 6) is -0.117. The van der Waals surface area contributed by atoms with Gasteiger partial charge in [0.2, 0.25) is 0 Å². The second-order valence-electron chi connectivity index (χ2n) is 5.01. The zero-order valence-electron chi connectivity index (χ0n) is 11.6. The SMILES string of the molecule is CC(C)C(Nc1cccc(C(N)=O)c1N)c1cccs1. The van der Waals surface area contributed by atoms with Crippen LogP contribution in [-0.2, 0) is 0 Å². The number of amides is 1. The Labute approximate surface area is 122 Å². The minimum absolute atomic E-state index is 0.153. The van der Waals surface area contributed by atoms with Gasteiger partial charge in [0, 0.05) is 4.88 Å². The summed E-state index contributed by atoms with van der Waals surface area (Å²) in [6.07, 6.45) is 0. The third kappa shape index (κ3) is 2.93. The first-order valence-corrected chi connectivity index (χ1v) is 7.37. The van der Waals surface area contributed by atoms with E-state index in [1.54, 1.807) is 23.5 Å². The smallest absolute Gasteiger partial charge is 0.250 e. The van der Waals surface area contributed by atoms with Crippen molar-refractivity contribution in [2.75, 3.05) is 11.1 Å². The fraction of sp³-hybridized carbons (Fsp3) is 0.267. The van der Waals surface area contributed by atoms with E-state index < -0.39 is 5.91 Å². The third-order valence-corrected chi connectivity index (χ3v) is 4.15. The van der Waals surface area contributed by atoms with Gasteiger partial charge in [0.05, 0.1) is 23.0 Å². The largest absolute Gasteiger partial charge is 0.396 e. The van der Waals surface area contributed by atoms with Crippen molar-refractivity contribution in [3.63, 3.8) is 0 Å². The van der Waals surface area contributed by atoms with E-state index >= 15 is 0 Å². The van der Waals surface area contributed by atoms with Crippen molar-refractivity contribution in [3.05, 3.63) is 46.2 Å². The van der Waals surface area contributed by atoms with Gasteiger partial charge in [-0.15, -0.1) is 11.3 Å². The number of para-hydroxylation sites is 1. The molecule has 2 aromatic rings. The van der Waals surface area contributed by atoms with Gasteiger partial charge in [0.1, 0.15) is 0 Å².